The molecule has 2 N–H and O–H groups in total. The van der Waals surface area contributed by atoms with Gasteiger partial charge in [-0.3, -0.25) is 4.72 Å². The van der Waals surface area contributed by atoms with Crippen LogP contribution in [0.25, 0.3) is 0 Å². The van der Waals surface area contributed by atoms with Crippen LogP contribution in [0.2, 0.25) is 0 Å². The van der Waals surface area contributed by atoms with Crippen molar-refractivity contribution in [1.29, 1.82) is 0 Å². The Morgan fingerprint density at radius 3 is 2.52 bits per heavy atom. The average Bonchev–Trinajstić information content (AvgIpc) is 2.95. The summed E-state index contributed by atoms with van der Waals surface area (Å²) < 4.78 is 27.5. The zero-order valence-electron chi connectivity index (χ0n) is 12.4. The summed E-state index contributed by atoms with van der Waals surface area (Å²) in [6.07, 6.45) is 0. The number of nitrogens with one attached hydrogen (secondary N) is 2. The predicted octanol–water partition coefficient (Wildman–Crippen LogP) is 3.12. The first kappa shape index (κ1) is 16.4. The molecule has 0 aliphatic carbocycles. The van der Waals surface area contributed by atoms with Gasteiger partial charge in [-0.15, -0.1) is 22.7 Å². The van der Waals surface area contributed by atoms with Crippen molar-refractivity contribution in [1.82, 2.24) is 10.3 Å². The minimum atomic E-state index is -3.55. The lowest BCUT2D eigenvalue weighted by Crippen LogP contribution is -2.21. The van der Waals surface area contributed by atoms with Gasteiger partial charge in [0.1, 0.15) is 4.21 Å². The molecule has 0 fully saturated rings. The highest BCUT2D eigenvalue weighted by Gasteiger charge is 2.19. The van der Waals surface area contributed by atoms with Crippen molar-refractivity contribution in [2.24, 2.45) is 0 Å². The molecule has 0 saturated carbocycles. The number of thiazole rings is 1. The summed E-state index contributed by atoms with van der Waals surface area (Å²) >= 11 is 2.62. The summed E-state index contributed by atoms with van der Waals surface area (Å²) in [5, 5.41) is 3.69. The van der Waals surface area contributed by atoms with Gasteiger partial charge in [0.25, 0.3) is 10.0 Å². The molecule has 0 aliphatic heterocycles. The van der Waals surface area contributed by atoms with Gasteiger partial charge >= 0.3 is 0 Å². The van der Waals surface area contributed by atoms with Crippen molar-refractivity contribution in [3.05, 3.63) is 27.6 Å². The lowest BCUT2D eigenvalue weighted by atomic mass is 10.4. The molecule has 0 unspecified atom stereocenters. The van der Waals surface area contributed by atoms with Crippen molar-refractivity contribution in [3.63, 3.8) is 0 Å². The van der Waals surface area contributed by atoms with Crippen molar-refractivity contribution < 1.29 is 8.42 Å². The van der Waals surface area contributed by atoms with E-state index in [4.69, 9.17) is 0 Å². The van der Waals surface area contributed by atoms with Gasteiger partial charge in [0.2, 0.25) is 0 Å². The monoisotopic (exact) mass is 345 g/mol. The van der Waals surface area contributed by atoms with Crippen LogP contribution in [-0.2, 0) is 16.6 Å². The summed E-state index contributed by atoms with van der Waals surface area (Å²) in [7, 11) is -3.55. The molecule has 0 aliphatic rings. The number of sulfonamides is 1. The molecule has 0 aromatic carbocycles. The molecular formula is C13H19N3O2S3. The maximum absolute atomic E-state index is 12.3. The molecule has 2 aromatic rings. The normalized spacial score (nSPS) is 12.0. The first-order valence-corrected chi connectivity index (χ1v) is 9.68. The maximum Gasteiger partial charge on any atom is 0.273 e. The average molecular weight is 346 g/mol. The van der Waals surface area contributed by atoms with E-state index in [-0.39, 0.29) is 0 Å². The third-order valence-corrected chi connectivity index (χ3v) is 6.87. The van der Waals surface area contributed by atoms with Crippen LogP contribution in [0.1, 0.15) is 29.3 Å². The molecule has 0 spiro atoms. The van der Waals surface area contributed by atoms with Crippen LogP contribution >= 0.6 is 22.7 Å². The van der Waals surface area contributed by atoms with Gasteiger partial charge in [-0.2, -0.15) is 0 Å². The number of nitrogens with zero attached hydrogens (tertiary/aromatic N) is 1. The summed E-state index contributed by atoms with van der Waals surface area (Å²) in [6.45, 7) is 8.57. The van der Waals surface area contributed by atoms with Gasteiger partial charge in [0.05, 0.1) is 5.69 Å². The fourth-order valence-electron chi connectivity index (χ4n) is 1.58. The van der Waals surface area contributed by atoms with Crippen molar-refractivity contribution >= 4 is 37.8 Å². The summed E-state index contributed by atoms with van der Waals surface area (Å²) in [6, 6.07) is 3.84. The number of rotatable bonds is 6. The number of aromatic nitrogens is 1. The van der Waals surface area contributed by atoms with E-state index in [9.17, 15) is 8.42 Å². The Hall–Kier alpha value is -0.960. The highest BCUT2D eigenvalue weighted by Crippen LogP contribution is 2.27. The molecule has 0 atom stereocenters. The summed E-state index contributed by atoms with van der Waals surface area (Å²) in [4.78, 5) is 6.22. The standard InChI is InChI=1S/C13H19N3O2S3/c1-8(2)14-7-11-5-6-12(20-11)21(17,18)16-13-15-9(3)10(4)19-13/h5-6,8,14H,7H2,1-4H3,(H,15,16). The maximum atomic E-state index is 12.3. The summed E-state index contributed by atoms with van der Waals surface area (Å²) in [5.74, 6) is 0. The number of anilines is 1. The molecule has 2 heterocycles. The molecule has 0 radical (unpaired) electrons. The highest BCUT2D eigenvalue weighted by atomic mass is 32.2. The van der Waals surface area contributed by atoms with Crippen molar-refractivity contribution in [2.75, 3.05) is 4.72 Å². The molecule has 2 rings (SSSR count). The van der Waals surface area contributed by atoms with Crippen LogP contribution in [-0.4, -0.2) is 19.4 Å². The number of aryl methyl sites for hydroxylation is 2. The Morgan fingerprint density at radius 2 is 1.95 bits per heavy atom. The van der Waals surface area contributed by atoms with Crippen molar-refractivity contribution in [3.8, 4) is 0 Å². The number of thiophene rings is 1. The number of hydrogen-bond acceptors (Lipinski definition) is 6. The Morgan fingerprint density at radius 1 is 1.24 bits per heavy atom. The Balaban J connectivity index is 2.12. The third kappa shape index (κ3) is 4.26. The van der Waals surface area contributed by atoms with Crippen LogP contribution in [0.3, 0.4) is 0 Å². The second kappa shape index (κ2) is 6.43. The molecule has 0 amide bonds. The van der Waals surface area contributed by atoms with E-state index < -0.39 is 10.0 Å². The molecule has 5 nitrogen and oxygen atoms in total. The molecule has 2 aromatic heterocycles. The fourth-order valence-corrected chi connectivity index (χ4v) is 4.94. The highest BCUT2D eigenvalue weighted by molar-refractivity contribution is 7.94. The summed E-state index contributed by atoms with van der Waals surface area (Å²) in [5.41, 5.74) is 0.853. The van der Waals surface area contributed by atoms with Gasteiger partial charge in [-0.05, 0) is 26.0 Å². The van der Waals surface area contributed by atoms with E-state index in [0.717, 1.165) is 15.4 Å². The molecule has 0 bridgehead atoms. The van der Waals surface area contributed by atoms with Crippen LogP contribution in [0, 0.1) is 13.8 Å². The van der Waals surface area contributed by atoms with Gasteiger partial charge in [-0.1, -0.05) is 13.8 Å². The predicted molar refractivity (Wildman–Crippen MR) is 88.7 cm³/mol. The van der Waals surface area contributed by atoms with Gasteiger partial charge < -0.3 is 5.32 Å². The fraction of sp³-hybridized carbons (Fsp3) is 0.462. The SMILES string of the molecule is Cc1nc(NS(=O)(=O)c2ccc(CNC(C)C)s2)sc1C. The van der Waals surface area contributed by atoms with Crippen LogP contribution in [0.5, 0.6) is 0 Å². The van der Waals surface area contributed by atoms with E-state index in [0.29, 0.717) is 21.9 Å². The largest absolute Gasteiger partial charge is 0.310 e. The third-order valence-electron chi connectivity index (χ3n) is 2.84. The first-order valence-electron chi connectivity index (χ1n) is 6.57. The molecular weight excluding hydrogens is 326 g/mol. The zero-order chi connectivity index (χ0) is 15.6. The quantitative estimate of drug-likeness (QED) is 0.844. The van der Waals surface area contributed by atoms with E-state index in [1.165, 1.54) is 22.7 Å². The Labute approximate surface area is 133 Å². The lowest BCUT2D eigenvalue weighted by Gasteiger charge is -2.05. The number of hydrogen-bond donors (Lipinski definition) is 2. The van der Waals surface area contributed by atoms with Crippen LogP contribution in [0.4, 0.5) is 5.13 Å². The van der Waals surface area contributed by atoms with Crippen LogP contribution in [0.15, 0.2) is 16.3 Å². The van der Waals surface area contributed by atoms with Gasteiger partial charge in [-0.25, -0.2) is 13.4 Å². The minimum Gasteiger partial charge on any atom is -0.310 e. The molecule has 21 heavy (non-hydrogen) atoms. The second-order valence-corrected chi connectivity index (χ2v) is 9.30. The second-order valence-electron chi connectivity index (χ2n) is 5.02. The van der Waals surface area contributed by atoms with Gasteiger partial charge in [0.15, 0.2) is 5.13 Å². The van der Waals surface area contributed by atoms with E-state index in [1.54, 1.807) is 6.07 Å². The van der Waals surface area contributed by atoms with Crippen LogP contribution < -0.4 is 10.0 Å². The lowest BCUT2D eigenvalue weighted by molar-refractivity contribution is 0.593. The van der Waals surface area contributed by atoms with E-state index >= 15 is 0 Å². The molecule has 0 saturated heterocycles. The Kier molecular flexibility index (Phi) is 5.03. The topological polar surface area (TPSA) is 71.1 Å². The zero-order valence-corrected chi connectivity index (χ0v) is 14.9. The van der Waals surface area contributed by atoms with E-state index in [2.05, 4.69) is 28.9 Å². The smallest absolute Gasteiger partial charge is 0.273 e. The Bertz CT molecular complexity index is 697. The minimum absolute atomic E-state index is 0.313. The molecule has 8 heteroatoms. The van der Waals surface area contributed by atoms with Crippen molar-refractivity contribution in [2.45, 2.75) is 44.5 Å². The first-order chi connectivity index (χ1) is 9.78. The molecule has 116 valence electrons. The van der Waals surface area contributed by atoms with Gasteiger partial charge in [0, 0.05) is 22.3 Å². The van der Waals surface area contributed by atoms with E-state index in [1.807, 2.05) is 19.9 Å².